The maximum atomic E-state index is 11.4. The van der Waals surface area contributed by atoms with Gasteiger partial charge in [-0.2, -0.15) is 0 Å². The number of aliphatic hydroxyl groups is 1. The Kier molecular flexibility index (Phi) is 6.74. The van der Waals surface area contributed by atoms with Crippen molar-refractivity contribution in [2.24, 2.45) is 0 Å². The molecule has 8 heteroatoms. The molecule has 4 unspecified atom stereocenters. The molecule has 0 aromatic rings. The molecule has 0 aromatic carbocycles. The fourth-order valence-corrected chi connectivity index (χ4v) is 1.98. The summed E-state index contributed by atoms with van der Waals surface area (Å²) in [7, 11) is -1.05. The molecular weight excluding hydrogens is 248 g/mol. The number of carboxylic acids is 1. The first kappa shape index (κ1) is 15.9. The summed E-state index contributed by atoms with van der Waals surface area (Å²) in [5.41, 5.74) is 0. The monoisotopic (exact) mass is 266 g/mol. The first-order valence-corrected chi connectivity index (χ1v) is 6.74. The highest BCUT2D eigenvalue weighted by molar-refractivity contribution is 7.84. The second kappa shape index (κ2) is 7.23. The number of nitrogens with one attached hydrogen (secondary N) is 2. The number of aliphatic hydroxyl groups excluding tert-OH is 1. The van der Waals surface area contributed by atoms with Crippen molar-refractivity contribution >= 4 is 22.8 Å². The van der Waals surface area contributed by atoms with Gasteiger partial charge < -0.3 is 20.8 Å². The number of urea groups is 1. The number of carbonyl (C=O) groups excluding carboxylic acids is 1. The zero-order valence-corrected chi connectivity index (χ0v) is 10.8. The first-order chi connectivity index (χ1) is 7.73. The fourth-order valence-electron chi connectivity index (χ4n) is 1.19. The summed E-state index contributed by atoms with van der Waals surface area (Å²) in [6.07, 6.45) is 0.306. The Labute approximate surface area is 102 Å². The average molecular weight is 266 g/mol. The lowest BCUT2D eigenvalue weighted by Gasteiger charge is -2.19. The molecule has 2 amide bonds. The van der Waals surface area contributed by atoms with E-state index < -0.39 is 34.9 Å². The molecule has 0 aliphatic heterocycles. The summed E-state index contributed by atoms with van der Waals surface area (Å²) in [6, 6.07) is -2.42. The van der Waals surface area contributed by atoms with Gasteiger partial charge in [0.25, 0.3) is 0 Å². The molecule has 0 rings (SSSR count). The fraction of sp³-hybridized carbons (Fsp3) is 0.778. The van der Waals surface area contributed by atoms with E-state index in [0.717, 1.165) is 0 Å². The van der Waals surface area contributed by atoms with E-state index in [-0.39, 0.29) is 11.8 Å². The molecule has 0 bridgehead atoms. The van der Waals surface area contributed by atoms with Gasteiger partial charge >= 0.3 is 12.0 Å². The number of aliphatic carboxylic acids is 1. The van der Waals surface area contributed by atoms with Gasteiger partial charge in [0.05, 0.1) is 6.10 Å². The molecule has 0 heterocycles. The van der Waals surface area contributed by atoms with Crippen molar-refractivity contribution in [1.29, 1.82) is 0 Å². The Morgan fingerprint density at radius 1 is 1.29 bits per heavy atom. The van der Waals surface area contributed by atoms with Crippen LogP contribution in [0.3, 0.4) is 0 Å². The van der Waals surface area contributed by atoms with Crippen molar-refractivity contribution in [3.8, 4) is 0 Å². The molecule has 0 saturated heterocycles. The maximum absolute atomic E-state index is 11.4. The minimum atomic E-state index is -1.37. The summed E-state index contributed by atoms with van der Waals surface area (Å²) in [6.45, 7) is 2.92. The molecule has 4 atom stereocenters. The molecular formula is C9H18N2O5S. The largest absolute Gasteiger partial charge is 0.480 e. The molecule has 0 aromatic heterocycles. The lowest BCUT2D eigenvalue weighted by molar-refractivity contribution is -0.141. The van der Waals surface area contributed by atoms with E-state index in [0.29, 0.717) is 0 Å². The molecule has 0 spiro atoms. The summed E-state index contributed by atoms with van der Waals surface area (Å²) >= 11 is 0. The number of hydrogen-bond donors (Lipinski definition) is 4. The van der Waals surface area contributed by atoms with Crippen LogP contribution in [-0.4, -0.2) is 56.6 Å². The Balaban J connectivity index is 4.24. The average Bonchev–Trinajstić information content (AvgIpc) is 2.11. The molecule has 0 fully saturated rings. The topological polar surface area (TPSA) is 116 Å². The Bertz CT molecular complexity index is 308. The quantitative estimate of drug-likeness (QED) is 0.486. The number of carboxylic acid groups (broad SMARTS) is 1. The van der Waals surface area contributed by atoms with Crippen LogP contribution in [0.15, 0.2) is 0 Å². The van der Waals surface area contributed by atoms with E-state index in [1.807, 2.05) is 0 Å². The van der Waals surface area contributed by atoms with Crippen LogP contribution in [0.2, 0.25) is 0 Å². The standard InChI is InChI=1S/C9H18N2O5S/c1-5(4-17(3)16)10-9(15)11-7(6(2)12)8(13)14/h5-7,12H,4H2,1-3H3,(H,13,14)(H2,10,11,15). The SMILES string of the molecule is CC(CS(C)=O)NC(=O)NC(C(=O)O)C(C)O. The van der Waals surface area contributed by atoms with Crippen LogP contribution in [0.5, 0.6) is 0 Å². The van der Waals surface area contributed by atoms with Crippen LogP contribution in [0, 0.1) is 0 Å². The Morgan fingerprint density at radius 2 is 1.82 bits per heavy atom. The third kappa shape index (κ3) is 6.90. The van der Waals surface area contributed by atoms with Gasteiger partial charge in [-0.15, -0.1) is 0 Å². The minimum Gasteiger partial charge on any atom is -0.480 e. The zero-order chi connectivity index (χ0) is 13.6. The third-order valence-electron chi connectivity index (χ3n) is 1.90. The van der Waals surface area contributed by atoms with E-state index >= 15 is 0 Å². The molecule has 0 aliphatic carbocycles. The predicted octanol–water partition coefficient (Wildman–Crippen LogP) is -1.11. The van der Waals surface area contributed by atoms with E-state index in [4.69, 9.17) is 10.2 Å². The van der Waals surface area contributed by atoms with Gasteiger partial charge in [-0.3, -0.25) is 4.21 Å². The molecule has 0 saturated carbocycles. The predicted molar refractivity (Wildman–Crippen MR) is 63.2 cm³/mol. The minimum absolute atomic E-state index is 0.278. The maximum Gasteiger partial charge on any atom is 0.328 e. The second-order valence-corrected chi connectivity index (χ2v) is 5.29. The normalized spacial score (nSPS) is 17.6. The molecule has 0 aliphatic rings. The van der Waals surface area contributed by atoms with Crippen molar-refractivity contribution in [3.05, 3.63) is 0 Å². The highest BCUT2D eigenvalue weighted by atomic mass is 32.2. The van der Waals surface area contributed by atoms with Crippen molar-refractivity contribution in [3.63, 3.8) is 0 Å². The van der Waals surface area contributed by atoms with E-state index in [9.17, 15) is 13.8 Å². The van der Waals surface area contributed by atoms with Gasteiger partial charge in [0.2, 0.25) is 0 Å². The highest BCUT2D eigenvalue weighted by Crippen LogP contribution is 1.93. The molecule has 100 valence electrons. The number of amides is 2. The van der Waals surface area contributed by atoms with Crippen LogP contribution >= 0.6 is 0 Å². The van der Waals surface area contributed by atoms with Crippen LogP contribution in [-0.2, 0) is 15.6 Å². The Morgan fingerprint density at radius 3 is 2.18 bits per heavy atom. The van der Waals surface area contributed by atoms with Crippen molar-refractivity contribution in [2.45, 2.75) is 32.0 Å². The summed E-state index contributed by atoms with van der Waals surface area (Å²) in [5.74, 6) is -1.04. The van der Waals surface area contributed by atoms with Gasteiger partial charge in [0.15, 0.2) is 6.04 Å². The summed E-state index contributed by atoms with van der Waals surface area (Å²) < 4.78 is 10.9. The van der Waals surface area contributed by atoms with Gasteiger partial charge in [-0.25, -0.2) is 9.59 Å². The van der Waals surface area contributed by atoms with Gasteiger partial charge in [-0.1, -0.05) is 0 Å². The highest BCUT2D eigenvalue weighted by Gasteiger charge is 2.25. The molecule has 0 radical (unpaired) electrons. The van der Waals surface area contributed by atoms with Crippen LogP contribution in [0.1, 0.15) is 13.8 Å². The van der Waals surface area contributed by atoms with Crippen LogP contribution in [0.4, 0.5) is 4.79 Å². The van der Waals surface area contributed by atoms with E-state index in [2.05, 4.69) is 10.6 Å². The van der Waals surface area contributed by atoms with Gasteiger partial charge in [0.1, 0.15) is 0 Å². The Hall–Kier alpha value is -1.15. The van der Waals surface area contributed by atoms with Gasteiger partial charge in [0, 0.05) is 28.9 Å². The number of rotatable bonds is 6. The number of carbonyl (C=O) groups is 2. The smallest absolute Gasteiger partial charge is 0.328 e. The van der Waals surface area contributed by atoms with Gasteiger partial charge in [-0.05, 0) is 13.8 Å². The van der Waals surface area contributed by atoms with Crippen molar-refractivity contribution < 1.29 is 24.0 Å². The molecule has 17 heavy (non-hydrogen) atoms. The van der Waals surface area contributed by atoms with E-state index in [1.165, 1.54) is 13.2 Å². The van der Waals surface area contributed by atoms with Crippen molar-refractivity contribution in [1.82, 2.24) is 10.6 Å². The zero-order valence-electron chi connectivity index (χ0n) is 9.97. The summed E-state index contributed by atoms with van der Waals surface area (Å²) in [4.78, 5) is 22.0. The summed E-state index contributed by atoms with van der Waals surface area (Å²) in [5, 5.41) is 22.4. The van der Waals surface area contributed by atoms with Crippen LogP contribution in [0.25, 0.3) is 0 Å². The lowest BCUT2D eigenvalue weighted by atomic mass is 10.2. The molecule has 7 nitrogen and oxygen atoms in total. The van der Waals surface area contributed by atoms with Crippen molar-refractivity contribution in [2.75, 3.05) is 12.0 Å². The number of hydrogen-bond acceptors (Lipinski definition) is 4. The molecule has 4 N–H and O–H groups in total. The van der Waals surface area contributed by atoms with E-state index in [1.54, 1.807) is 6.92 Å². The second-order valence-electron chi connectivity index (χ2n) is 3.82. The lowest BCUT2D eigenvalue weighted by Crippen LogP contribution is -2.53. The first-order valence-electron chi connectivity index (χ1n) is 5.02. The van der Waals surface area contributed by atoms with Crippen LogP contribution < -0.4 is 10.6 Å². The third-order valence-corrected chi connectivity index (χ3v) is 2.87.